The lowest BCUT2D eigenvalue weighted by atomic mass is 9.86. The predicted octanol–water partition coefficient (Wildman–Crippen LogP) is 5.49. The third-order valence-electron chi connectivity index (χ3n) is 6.39. The Morgan fingerprint density at radius 2 is 1.43 bits per heavy atom. The van der Waals surface area contributed by atoms with Crippen LogP contribution in [0.3, 0.4) is 0 Å². The van der Waals surface area contributed by atoms with Gasteiger partial charge in [-0.25, -0.2) is 17.2 Å². The van der Waals surface area contributed by atoms with Crippen LogP contribution in [0.1, 0.15) is 33.5 Å². The van der Waals surface area contributed by atoms with E-state index in [9.17, 15) is 17.2 Å². The van der Waals surface area contributed by atoms with Crippen LogP contribution in [0.15, 0.2) is 66.7 Å². The fourth-order valence-electron chi connectivity index (χ4n) is 4.99. The summed E-state index contributed by atoms with van der Waals surface area (Å²) in [6.45, 7) is 1.78. The average molecular weight is 519 g/mol. The summed E-state index contributed by atoms with van der Waals surface area (Å²) in [6.07, 6.45) is 1.13. The van der Waals surface area contributed by atoms with Gasteiger partial charge in [-0.05, 0) is 60.6 Å². The summed E-state index contributed by atoms with van der Waals surface area (Å²) in [7, 11) is 0.447. The molecule has 0 spiro atoms. The van der Waals surface area contributed by atoms with Gasteiger partial charge in [0, 0.05) is 42.9 Å². The van der Waals surface area contributed by atoms with E-state index in [4.69, 9.17) is 11.6 Å². The van der Waals surface area contributed by atoms with Crippen molar-refractivity contribution in [2.45, 2.75) is 17.8 Å². The van der Waals surface area contributed by atoms with Crippen LogP contribution in [-0.2, 0) is 16.4 Å². The SMILES string of the molecule is CN(C)Cc1ccc(C(c2ccc(Cl)cc2)N2CC(C(c3cc(F)cc(F)c3)S(C)(=O)=O)C2)cc1. The van der Waals surface area contributed by atoms with E-state index in [1.165, 1.54) is 5.56 Å². The summed E-state index contributed by atoms with van der Waals surface area (Å²) >= 11 is 6.12. The molecular formula is C27H29ClF2N2O2S. The maximum absolute atomic E-state index is 13.9. The number of hydrogen-bond acceptors (Lipinski definition) is 4. The minimum atomic E-state index is -3.59. The molecule has 0 radical (unpaired) electrons. The molecule has 3 aromatic carbocycles. The first kappa shape index (κ1) is 25.8. The molecule has 1 aliphatic rings. The number of halogens is 3. The fourth-order valence-corrected chi connectivity index (χ4v) is 6.62. The number of sulfone groups is 1. The first-order chi connectivity index (χ1) is 16.5. The van der Waals surface area contributed by atoms with Crippen molar-refractivity contribution in [3.8, 4) is 0 Å². The summed E-state index contributed by atoms with van der Waals surface area (Å²) in [4.78, 5) is 4.30. The molecule has 0 aromatic heterocycles. The molecule has 0 saturated carbocycles. The van der Waals surface area contributed by atoms with Gasteiger partial charge in [0.05, 0.1) is 11.3 Å². The van der Waals surface area contributed by atoms with Crippen LogP contribution < -0.4 is 0 Å². The third-order valence-corrected chi connectivity index (χ3v) is 8.22. The molecule has 1 aliphatic heterocycles. The second kappa shape index (κ2) is 10.3. The van der Waals surface area contributed by atoms with Gasteiger partial charge in [-0.3, -0.25) is 4.90 Å². The molecule has 186 valence electrons. The van der Waals surface area contributed by atoms with Crippen molar-refractivity contribution < 1.29 is 17.2 Å². The van der Waals surface area contributed by atoms with Gasteiger partial charge in [-0.15, -0.1) is 0 Å². The Bertz CT molecular complexity index is 1260. The highest BCUT2D eigenvalue weighted by Crippen LogP contribution is 2.42. The monoisotopic (exact) mass is 518 g/mol. The largest absolute Gasteiger partial charge is 0.305 e. The van der Waals surface area contributed by atoms with E-state index in [2.05, 4.69) is 34.1 Å². The Labute approximate surface area is 211 Å². The molecule has 0 bridgehead atoms. The normalized spacial score (nSPS) is 16.8. The molecule has 1 heterocycles. The van der Waals surface area contributed by atoms with E-state index in [1.54, 1.807) is 0 Å². The highest BCUT2D eigenvalue weighted by molar-refractivity contribution is 7.90. The molecule has 4 rings (SSSR count). The first-order valence-corrected chi connectivity index (χ1v) is 13.7. The Balaban J connectivity index is 1.63. The van der Waals surface area contributed by atoms with E-state index in [0.717, 1.165) is 42.1 Å². The second-order valence-electron chi connectivity index (χ2n) is 9.60. The summed E-state index contributed by atoms with van der Waals surface area (Å²) < 4.78 is 53.2. The zero-order valence-corrected chi connectivity index (χ0v) is 21.5. The van der Waals surface area contributed by atoms with E-state index >= 15 is 0 Å². The van der Waals surface area contributed by atoms with Gasteiger partial charge in [0.2, 0.25) is 0 Å². The van der Waals surface area contributed by atoms with Gasteiger partial charge in [0.25, 0.3) is 0 Å². The van der Waals surface area contributed by atoms with Gasteiger partial charge in [0.15, 0.2) is 9.84 Å². The van der Waals surface area contributed by atoms with Crippen LogP contribution >= 0.6 is 11.6 Å². The van der Waals surface area contributed by atoms with E-state index in [1.807, 2.05) is 38.4 Å². The van der Waals surface area contributed by atoms with Crippen molar-refractivity contribution in [2.24, 2.45) is 5.92 Å². The predicted molar refractivity (Wildman–Crippen MR) is 136 cm³/mol. The Kier molecular flexibility index (Phi) is 7.62. The zero-order valence-electron chi connectivity index (χ0n) is 20.0. The zero-order chi connectivity index (χ0) is 25.3. The van der Waals surface area contributed by atoms with Crippen LogP contribution in [0.5, 0.6) is 0 Å². The van der Waals surface area contributed by atoms with Crippen molar-refractivity contribution in [1.29, 1.82) is 0 Å². The topological polar surface area (TPSA) is 40.6 Å². The highest BCUT2D eigenvalue weighted by atomic mass is 35.5. The molecular weight excluding hydrogens is 490 g/mol. The van der Waals surface area contributed by atoms with Crippen molar-refractivity contribution in [2.75, 3.05) is 33.4 Å². The van der Waals surface area contributed by atoms with Gasteiger partial charge in [0.1, 0.15) is 11.6 Å². The lowest BCUT2D eigenvalue weighted by Gasteiger charge is -2.47. The molecule has 2 unspecified atom stereocenters. The highest BCUT2D eigenvalue weighted by Gasteiger charge is 2.43. The molecule has 0 aliphatic carbocycles. The molecule has 8 heteroatoms. The summed E-state index contributed by atoms with van der Waals surface area (Å²) in [5.74, 6) is -1.84. The van der Waals surface area contributed by atoms with E-state index < -0.39 is 26.7 Å². The molecule has 3 aromatic rings. The lowest BCUT2D eigenvalue weighted by Crippen LogP contribution is -2.52. The number of nitrogens with zero attached hydrogens (tertiary/aromatic N) is 2. The van der Waals surface area contributed by atoms with Crippen LogP contribution in [0.25, 0.3) is 0 Å². The quantitative estimate of drug-likeness (QED) is 0.395. The van der Waals surface area contributed by atoms with Gasteiger partial charge in [-0.2, -0.15) is 0 Å². The summed E-state index contributed by atoms with van der Waals surface area (Å²) in [6, 6.07) is 18.9. The number of rotatable bonds is 8. The average Bonchev–Trinajstić information content (AvgIpc) is 2.72. The standard InChI is InChI=1S/C27H29ClF2N2O2S/c1-31(2)15-18-4-6-19(7-5-18)26(20-8-10-23(28)11-9-20)32-16-22(17-32)27(35(3,33)34)21-12-24(29)14-25(30)13-21/h4-14,22,26-27H,15-17H2,1-3H3. The minimum absolute atomic E-state index is 0.0959. The number of benzene rings is 3. The molecule has 4 nitrogen and oxygen atoms in total. The van der Waals surface area contributed by atoms with E-state index in [0.29, 0.717) is 18.1 Å². The van der Waals surface area contributed by atoms with E-state index in [-0.39, 0.29) is 17.5 Å². The van der Waals surface area contributed by atoms with Crippen LogP contribution in [0.4, 0.5) is 8.78 Å². The molecule has 1 fully saturated rings. The minimum Gasteiger partial charge on any atom is -0.305 e. The molecule has 2 atom stereocenters. The van der Waals surface area contributed by atoms with Gasteiger partial charge < -0.3 is 4.90 Å². The number of likely N-dealkylation sites (tertiary alicyclic amines) is 1. The van der Waals surface area contributed by atoms with Gasteiger partial charge in [-0.1, -0.05) is 48.0 Å². The Hall–Kier alpha value is -2.32. The van der Waals surface area contributed by atoms with Gasteiger partial charge >= 0.3 is 0 Å². The van der Waals surface area contributed by atoms with Crippen LogP contribution in [0.2, 0.25) is 5.02 Å². The Morgan fingerprint density at radius 3 is 1.91 bits per heavy atom. The molecule has 1 saturated heterocycles. The van der Waals surface area contributed by atoms with Crippen molar-refractivity contribution in [1.82, 2.24) is 9.80 Å². The van der Waals surface area contributed by atoms with Crippen LogP contribution in [-0.4, -0.2) is 51.7 Å². The fraction of sp³-hybridized carbons (Fsp3) is 0.333. The maximum atomic E-state index is 13.9. The van der Waals surface area contributed by atoms with Crippen LogP contribution in [0, 0.1) is 17.6 Å². The first-order valence-electron chi connectivity index (χ1n) is 11.4. The molecule has 0 N–H and O–H groups in total. The summed E-state index contributed by atoms with van der Waals surface area (Å²) in [5, 5.41) is -0.335. The Morgan fingerprint density at radius 1 is 0.914 bits per heavy atom. The smallest absolute Gasteiger partial charge is 0.154 e. The lowest BCUT2D eigenvalue weighted by molar-refractivity contribution is 0.0654. The van der Waals surface area contributed by atoms with Crippen molar-refractivity contribution in [3.05, 3.63) is 106 Å². The maximum Gasteiger partial charge on any atom is 0.154 e. The van der Waals surface area contributed by atoms with Crippen molar-refractivity contribution >= 4 is 21.4 Å². The number of hydrogen-bond donors (Lipinski definition) is 0. The second-order valence-corrected chi connectivity index (χ2v) is 12.2. The third kappa shape index (κ3) is 6.09. The van der Waals surface area contributed by atoms with Crippen molar-refractivity contribution in [3.63, 3.8) is 0 Å². The summed E-state index contributed by atoms with van der Waals surface area (Å²) in [5.41, 5.74) is 3.48. The molecule has 0 amide bonds. The molecule has 35 heavy (non-hydrogen) atoms.